The number of unbranched alkanes of at least 4 members (excludes halogenated alkanes) is 3. The molecule has 0 spiro atoms. The fourth-order valence-electron chi connectivity index (χ4n) is 2.49. The summed E-state index contributed by atoms with van der Waals surface area (Å²) >= 11 is 0. The summed E-state index contributed by atoms with van der Waals surface area (Å²) in [6, 6.07) is 0. The summed E-state index contributed by atoms with van der Waals surface area (Å²) in [4.78, 5) is 16.5. The van der Waals surface area contributed by atoms with E-state index in [-0.39, 0.29) is 5.91 Å². The minimum atomic E-state index is 0.176. The van der Waals surface area contributed by atoms with Crippen molar-refractivity contribution in [2.45, 2.75) is 39.0 Å². The molecule has 3 N–H and O–H groups in total. The molecule has 5 heteroatoms. The molecule has 0 aromatic carbocycles. The minimum Gasteiger partial charge on any atom is -0.355 e. The van der Waals surface area contributed by atoms with E-state index in [1.54, 1.807) is 0 Å². The molecule has 0 atom stereocenters. The average Bonchev–Trinajstić information content (AvgIpc) is 2.46. The third-order valence-corrected chi connectivity index (χ3v) is 3.86. The molecule has 1 aliphatic rings. The van der Waals surface area contributed by atoms with Crippen molar-refractivity contribution in [1.82, 2.24) is 15.1 Å². The zero-order chi connectivity index (χ0) is 14.6. The van der Waals surface area contributed by atoms with Crippen LogP contribution >= 0.6 is 0 Å². The molecule has 1 amide bonds. The summed E-state index contributed by atoms with van der Waals surface area (Å²) in [5.41, 5.74) is 5.50. The molecule has 0 aromatic rings. The van der Waals surface area contributed by atoms with Crippen LogP contribution in [0.4, 0.5) is 0 Å². The van der Waals surface area contributed by atoms with Gasteiger partial charge in [0.05, 0.1) is 6.54 Å². The number of hydrogen-bond donors (Lipinski definition) is 2. The lowest BCUT2D eigenvalue weighted by Crippen LogP contribution is -2.49. The lowest BCUT2D eigenvalue weighted by molar-refractivity contribution is -0.122. The lowest BCUT2D eigenvalue weighted by Gasteiger charge is -2.34. The third-order valence-electron chi connectivity index (χ3n) is 3.86. The maximum Gasteiger partial charge on any atom is 0.234 e. The van der Waals surface area contributed by atoms with Crippen molar-refractivity contribution in [2.24, 2.45) is 5.73 Å². The van der Waals surface area contributed by atoms with Gasteiger partial charge < -0.3 is 16.0 Å². The van der Waals surface area contributed by atoms with Crippen molar-refractivity contribution in [3.63, 3.8) is 0 Å². The van der Waals surface area contributed by atoms with Gasteiger partial charge in [0, 0.05) is 32.7 Å². The van der Waals surface area contributed by atoms with Gasteiger partial charge in [-0.15, -0.1) is 0 Å². The number of carbonyl (C=O) groups is 1. The highest BCUT2D eigenvalue weighted by molar-refractivity contribution is 5.77. The largest absolute Gasteiger partial charge is 0.355 e. The molecule has 1 fully saturated rings. The van der Waals surface area contributed by atoms with Gasteiger partial charge in [-0.05, 0) is 32.4 Å². The van der Waals surface area contributed by atoms with Crippen LogP contribution in [0.2, 0.25) is 0 Å². The Labute approximate surface area is 123 Å². The molecule has 118 valence electrons. The van der Waals surface area contributed by atoms with E-state index in [1.807, 2.05) is 0 Å². The Morgan fingerprint density at radius 1 is 1.05 bits per heavy atom. The first-order valence-corrected chi connectivity index (χ1v) is 8.17. The third kappa shape index (κ3) is 7.82. The molecule has 1 rings (SSSR count). The van der Waals surface area contributed by atoms with Gasteiger partial charge in [-0.1, -0.05) is 19.8 Å². The first-order chi connectivity index (χ1) is 9.76. The van der Waals surface area contributed by atoms with Gasteiger partial charge in [0.25, 0.3) is 0 Å². The summed E-state index contributed by atoms with van der Waals surface area (Å²) in [5.74, 6) is 0.176. The number of nitrogens with one attached hydrogen (secondary N) is 1. The van der Waals surface area contributed by atoms with Crippen molar-refractivity contribution < 1.29 is 4.79 Å². The van der Waals surface area contributed by atoms with Crippen LogP contribution in [0.15, 0.2) is 0 Å². The average molecular weight is 284 g/mol. The number of carbonyl (C=O) groups excluding carboxylic acids is 1. The van der Waals surface area contributed by atoms with E-state index in [2.05, 4.69) is 22.0 Å². The molecule has 0 saturated carbocycles. The van der Waals surface area contributed by atoms with E-state index in [1.165, 1.54) is 19.4 Å². The SMILES string of the molecule is CCCCNC(=O)CN1CCN(CCCCCN)CC1. The van der Waals surface area contributed by atoms with Crippen molar-refractivity contribution >= 4 is 5.91 Å². The van der Waals surface area contributed by atoms with Crippen molar-refractivity contribution in [3.8, 4) is 0 Å². The van der Waals surface area contributed by atoms with Crippen LogP contribution < -0.4 is 11.1 Å². The van der Waals surface area contributed by atoms with Crippen LogP contribution in [0, 0.1) is 0 Å². The second-order valence-corrected chi connectivity index (χ2v) is 5.67. The smallest absolute Gasteiger partial charge is 0.234 e. The number of nitrogens with zero attached hydrogens (tertiary/aromatic N) is 2. The molecule has 0 unspecified atom stereocenters. The maximum absolute atomic E-state index is 11.7. The highest BCUT2D eigenvalue weighted by Crippen LogP contribution is 2.04. The molecular weight excluding hydrogens is 252 g/mol. The Bertz CT molecular complexity index is 252. The van der Waals surface area contributed by atoms with Gasteiger partial charge >= 0.3 is 0 Å². The predicted octanol–water partition coefficient (Wildman–Crippen LogP) is 0.649. The van der Waals surface area contributed by atoms with Gasteiger partial charge in [-0.3, -0.25) is 9.69 Å². The number of amides is 1. The fraction of sp³-hybridized carbons (Fsp3) is 0.933. The van der Waals surface area contributed by atoms with Gasteiger partial charge in [-0.25, -0.2) is 0 Å². The van der Waals surface area contributed by atoms with Crippen molar-refractivity contribution in [1.29, 1.82) is 0 Å². The van der Waals surface area contributed by atoms with Gasteiger partial charge in [0.2, 0.25) is 5.91 Å². The van der Waals surface area contributed by atoms with E-state index >= 15 is 0 Å². The second-order valence-electron chi connectivity index (χ2n) is 5.67. The van der Waals surface area contributed by atoms with E-state index in [0.29, 0.717) is 6.54 Å². The Morgan fingerprint density at radius 3 is 2.40 bits per heavy atom. The molecule has 20 heavy (non-hydrogen) atoms. The Hall–Kier alpha value is -0.650. The van der Waals surface area contributed by atoms with Crippen LogP contribution in [0.1, 0.15) is 39.0 Å². The zero-order valence-electron chi connectivity index (χ0n) is 13.1. The summed E-state index contributed by atoms with van der Waals surface area (Å²) in [7, 11) is 0. The second kappa shape index (κ2) is 11.1. The monoisotopic (exact) mass is 284 g/mol. The molecular formula is C15H32N4O. The number of piperazine rings is 1. The summed E-state index contributed by atoms with van der Waals surface area (Å²) < 4.78 is 0. The van der Waals surface area contributed by atoms with Gasteiger partial charge in [-0.2, -0.15) is 0 Å². The highest BCUT2D eigenvalue weighted by atomic mass is 16.2. The quantitative estimate of drug-likeness (QED) is 0.578. The van der Waals surface area contributed by atoms with Crippen molar-refractivity contribution in [2.75, 3.05) is 52.4 Å². The van der Waals surface area contributed by atoms with E-state index in [9.17, 15) is 4.79 Å². The number of nitrogens with two attached hydrogens (primary N) is 1. The topological polar surface area (TPSA) is 61.6 Å². The number of hydrogen-bond acceptors (Lipinski definition) is 4. The van der Waals surface area contributed by atoms with Crippen LogP contribution in [0.3, 0.4) is 0 Å². The number of rotatable bonds is 10. The lowest BCUT2D eigenvalue weighted by atomic mass is 10.2. The summed E-state index contributed by atoms with van der Waals surface area (Å²) in [5, 5.41) is 2.98. The molecule has 0 radical (unpaired) electrons. The molecule has 0 aromatic heterocycles. The van der Waals surface area contributed by atoms with E-state index in [0.717, 1.165) is 58.5 Å². The van der Waals surface area contributed by atoms with E-state index in [4.69, 9.17) is 5.73 Å². The van der Waals surface area contributed by atoms with Gasteiger partial charge in [0.15, 0.2) is 0 Å². The molecule has 0 bridgehead atoms. The minimum absolute atomic E-state index is 0.176. The first kappa shape index (κ1) is 17.4. The molecule has 1 heterocycles. The zero-order valence-corrected chi connectivity index (χ0v) is 13.1. The molecule has 5 nitrogen and oxygen atoms in total. The van der Waals surface area contributed by atoms with Crippen LogP contribution in [-0.4, -0.2) is 68.1 Å². The predicted molar refractivity (Wildman–Crippen MR) is 83.7 cm³/mol. The summed E-state index contributed by atoms with van der Waals surface area (Å²) in [6.07, 6.45) is 5.81. The first-order valence-electron chi connectivity index (χ1n) is 8.17. The van der Waals surface area contributed by atoms with E-state index < -0.39 is 0 Å². The Morgan fingerprint density at radius 2 is 1.75 bits per heavy atom. The van der Waals surface area contributed by atoms with Crippen LogP contribution in [-0.2, 0) is 4.79 Å². The maximum atomic E-state index is 11.7. The normalized spacial score (nSPS) is 17.3. The standard InChI is InChI=1S/C15H32N4O/c1-2-3-8-17-15(20)14-19-12-10-18(11-13-19)9-6-4-5-7-16/h2-14,16H2,1H3,(H,17,20). The van der Waals surface area contributed by atoms with Crippen LogP contribution in [0.5, 0.6) is 0 Å². The molecule has 0 aliphatic carbocycles. The van der Waals surface area contributed by atoms with Crippen LogP contribution in [0.25, 0.3) is 0 Å². The van der Waals surface area contributed by atoms with Crippen molar-refractivity contribution in [3.05, 3.63) is 0 Å². The summed E-state index contributed by atoms with van der Waals surface area (Å²) in [6.45, 7) is 9.70. The Kier molecular flexibility index (Phi) is 9.62. The molecule has 1 saturated heterocycles. The van der Waals surface area contributed by atoms with Gasteiger partial charge in [0.1, 0.15) is 0 Å². The molecule has 1 aliphatic heterocycles. The Balaban J connectivity index is 2.05. The fourth-order valence-corrected chi connectivity index (χ4v) is 2.49. The highest BCUT2D eigenvalue weighted by Gasteiger charge is 2.18.